The first kappa shape index (κ1) is 11.4. The molecule has 0 aromatic heterocycles. The van der Waals surface area contributed by atoms with Gasteiger partial charge in [-0.3, -0.25) is 0 Å². The molecule has 2 atom stereocenters. The van der Waals surface area contributed by atoms with Crippen LogP contribution in [0.3, 0.4) is 0 Å². The Morgan fingerprint density at radius 1 is 1.27 bits per heavy atom. The predicted molar refractivity (Wildman–Crippen MR) is 65.1 cm³/mol. The summed E-state index contributed by atoms with van der Waals surface area (Å²) < 4.78 is 0. The Bertz CT molecular complexity index is 173. The first-order valence-electron chi connectivity index (χ1n) is 6.85. The molecule has 2 rings (SSSR count). The largest absolute Gasteiger partial charge is 0.316 e. The quantitative estimate of drug-likeness (QED) is 0.765. The van der Waals surface area contributed by atoms with E-state index in [1.54, 1.807) is 0 Å². The van der Waals surface area contributed by atoms with Crippen LogP contribution in [0.25, 0.3) is 0 Å². The zero-order valence-corrected chi connectivity index (χ0v) is 10.2. The third-order valence-corrected chi connectivity index (χ3v) is 4.03. The Kier molecular flexibility index (Phi) is 4.45. The molecule has 2 unspecified atom stereocenters. The van der Waals surface area contributed by atoms with E-state index in [-0.39, 0.29) is 0 Å². The van der Waals surface area contributed by atoms with Crippen molar-refractivity contribution in [3.8, 4) is 0 Å². The Hall–Kier alpha value is -0.0800. The molecule has 2 nitrogen and oxygen atoms in total. The van der Waals surface area contributed by atoms with Crippen LogP contribution in [0.1, 0.15) is 45.4 Å². The van der Waals surface area contributed by atoms with Crippen LogP contribution < -0.4 is 5.32 Å². The van der Waals surface area contributed by atoms with Crippen molar-refractivity contribution in [1.29, 1.82) is 0 Å². The summed E-state index contributed by atoms with van der Waals surface area (Å²) in [5, 5.41) is 3.48. The molecule has 0 aromatic carbocycles. The smallest absolute Gasteiger partial charge is 0.00952 e. The van der Waals surface area contributed by atoms with Gasteiger partial charge in [0.1, 0.15) is 0 Å². The maximum atomic E-state index is 3.48. The Balaban J connectivity index is 1.80. The Labute approximate surface area is 94.4 Å². The van der Waals surface area contributed by atoms with Gasteiger partial charge < -0.3 is 10.2 Å². The SMILES string of the molecule is CCCC1CCCCN1CC1CCNC1. The minimum Gasteiger partial charge on any atom is -0.316 e. The van der Waals surface area contributed by atoms with Crippen LogP contribution in [0.5, 0.6) is 0 Å². The molecule has 2 heterocycles. The normalized spacial score (nSPS) is 33.4. The van der Waals surface area contributed by atoms with E-state index in [0.717, 1.165) is 12.0 Å². The van der Waals surface area contributed by atoms with E-state index in [2.05, 4.69) is 17.1 Å². The molecule has 2 aliphatic rings. The molecule has 0 aliphatic carbocycles. The number of hydrogen-bond acceptors (Lipinski definition) is 2. The molecular formula is C13H26N2. The van der Waals surface area contributed by atoms with Gasteiger partial charge in [-0.2, -0.15) is 0 Å². The molecule has 2 fully saturated rings. The van der Waals surface area contributed by atoms with Gasteiger partial charge in [0.15, 0.2) is 0 Å². The number of nitrogens with one attached hydrogen (secondary N) is 1. The van der Waals surface area contributed by atoms with E-state index in [1.165, 1.54) is 64.7 Å². The van der Waals surface area contributed by atoms with Crippen molar-refractivity contribution in [2.75, 3.05) is 26.2 Å². The predicted octanol–water partition coefficient (Wildman–Crippen LogP) is 2.25. The maximum absolute atomic E-state index is 3.48. The molecule has 2 aliphatic heterocycles. The number of likely N-dealkylation sites (tertiary alicyclic amines) is 1. The lowest BCUT2D eigenvalue weighted by Crippen LogP contribution is -2.42. The number of rotatable bonds is 4. The van der Waals surface area contributed by atoms with Gasteiger partial charge in [-0.05, 0) is 51.2 Å². The topological polar surface area (TPSA) is 15.3 Å². The van der Waals surface area contributed by atoms with E-state index in [0.29, 0.717) is 0 Å². The van der Waals surface area contributed by atoms with Gasteiger partial charge in [0.05, 0.1) is 0 Å². The van der Waals surface area contributed by atoms with Crippen molar-refractivity contribution in [3.05, 3.63) is 0 Å². The molecule has 88 valence electrons. The standard InChI is InChI=1S/C13H26N2/c1-2-5-13-6-3-4-9-15(13)11-12-7-8-14-10-12/h12-14H,2-11H2,1H3. The van der Waals surface area contributed by atoms with E-state index in [4.69, 9.17) is 0 Å². The van der Waals surface area contributed by atoms with Gasteiger partial charge in [-0.15, -0.1) is 0 Å². The summed E-state index contributed by atoms with van der Waals surface area (Å²) in [5.41, 5.74) is 0. The lowest BCUT2D eigenvalue weighted by Gasteiger charge is -2.37. The highest BCUT2D eigenvalue weighted by Crippen LogP contribution is 2.23. The molecular weight excluding hydrogens is 184 g/mol. The van der Waals surface area contributed by atoms with Gasteiger partial charge in [0.2, 0.25) is 0 Å². The minimum atomic E-state index is 0.907. The van der Waals surface area contributed by atoms with Crippen LogP contribution in [0.2, 0.25) is 0 Å². The molecule has 0 radical (unpaired) electrons. The van der Waals surface area contributed by atoms with Crippen molar-refractivity contribution in [3.63, 3.8) is 0 Å². The summed E-state index contributed by atoms with van der Waals surface area (Å²) in [6.45, 7) is 7.55. The van der Waals surface area contributed by atoms with Gasteiger partial charge in [-0.25, -0.2) is 0 Å². The average Bonchev–Trinajstić information content (AvgIpc) is 2.74. The van der Waals surface area contributed by atoms with Gasteiger partial charge >= 0.3 is 0 Å². The fourth-order valence-electron chi connectivity index (χ4n) is 3.16. The lowest BCUT2D eigenvalue weighted by molar-refractivity contribution is 0.121. The van der Waals surface area contributed by atoms with Crippen LogP contribution in [0, 0.1) is 5.92 Å². The summed E-state index contributed by atoms with van der Waals surface area (Å²) in [5.74, 6) is 0.933. The molecule has 2 saturated heterocycles. The van der Waals surface area contributed by atoms with E-state index < -0.39 is 0 Å². The second-order valence-electron chi connectivity index (χ2n) is 5.29. The second-order valence-corrected chi connectivity index (χ2v) is 5.29. The summed E-state index contributed by atoms with van der Waals surface area (Å²) in [7, 11) is 0. The van der Waals surface area contributed by atoms with Crippen molar-refractivity contribution < 1.29 is 0 Å². The van der Waals surface area contributed by atoms with Crippen LogP contribution in [0.15, 0.2) is 0 Å². The number of nitrogens with zero attached hydrogens (tertiary/aromatic N) is 1. The van der Waals surface area contributed by atoms with Crippen LogP contribution in [-0.2, 0) is 0 Å². The average molecular weight is 210 g/mol. The molecule has 0 bridgehead atoms. The van der Waals surface area contributed by atoms with Gasteiger partial charge in [0.25, 0.3) is 0 Å². The molecule has 1 N–H and O–H groups in total. The first-order valence-corrected chi connectivity index (χ1v) is 6.85. The third kappa shape index (κ3) is 3.18. The summed E-state index contributed by atoms with van der Waals surface area (Å²) in [4.78, 5) is 2.78. The summed E-state index contributed by atoms with van der Waals surface area (Å²) in [6.07, 6.45) is 8.51. The van der Waals surface area contributed by atoms with Crippen molar-refractivity contribution >= 4 is 0 Å². The van der Waals surface area contributed by atoms with Crippen LogP contribution >= 0.6 is 0 Å². The monoisotopic (exact) mass is 210 g/mol. The van der Waals surface area contributed by atoms with Crippen molar-refractivity contribution in [1.82, 2.24) is 10.2 Å². The highest BCUT2D eigenvalue weighted by molar-refractivity contribution is 4.81. The van der Waals surface area contributed by atoms with Crippen molar-refractivity contribution in [2.45, 2.75) is 51.5 Å². The summed E-state index contributed by atoms with van der Waals surface area (Å²) >= 11 is 0. The van der Waals surface area contributed by atoms with E-state index in [9.17, 15) is 0 Å². The lowest BCUT2D eigenvalue weighted by atomic mass is 9.96. The van der Waals surface area contributed by atoms with Crippen LogP contribution in [-0.4, -0.2) is 37.1 Å². The number of piperidine rings is 1. The Morgan fingerprint density at radius 3 is 2.93 bits per heavy atom. The molecule has 0 saturated carbocycles. The molecule has 0 amide bonds. The molecule has 0 aromatic rings. The minimum absolute atomic E-state index is 0.907. The molecule has 2 heteroatoms. The van der Waals surface area contributed by atoms with E-state index >= 15 is 0 Å². The maximum Gasteiger partial charge on any atom is 0.00952 e. The van der Waals surface area contributed by atoms with Crippen molar-refractivity contribution in [2.24, 2.45) is 5.92 Å². The molecule has 0 spiro atoms. The fraction of sp³-hybridized carbons (Fsp3) is 1.00. The summed E-state index contributed by atoms with van der Waals surface area (Å²) in [6, 6.07) is 0.907. The second kappa shape index (κ2) is 5.86. The zero-order valence-electron chi connectivity index (χ0n) is 10.2. The number of hydrogen-bond donors (Lipinski definition) is 1. The molecule has 15 heavy (non-hydrogen) atoms. The van der Waals surface area contributed by atoms with Gasteiger partial charge in [-0.1, -0.05) is 19.8 Å². The highest BCUT2D eigenvalue weighted by atomic mass is 15.2. The fourth-order valence-corrected chi connectivity index (χ4v) is 3.16. The van der Waals surface area contributed by atoms with Crippen LogP contribution in [0.4, 0.5) is 0 Å². The first-order chi connectivity index (χ1) is 7.40. The Morgan fingerprint density at radius 2 is 2.20 bits per heavy atom. The zero-order chi connectivity index (χ0) is 10.5. The third-order valence-electron chi connectivity index (χ3n) is 4.03. The van der Waals surface area contributed by atoms with Gasteiger partial charge in [0, 0.05) is 12.6 Å². The van der Waals surface area contributed by atoms with E-state index in [1.807, 2.05) is 0 Å². The highest BCUT2D eigenvalue weighted by Gasteiger charge is 2.25.